The predicted octanol–water partition coefficient (Wildman–Crippen LogP) is 3.51. The Bertz CT molecular complexity index is 1130. The lowest BCUT2D eigenvalue weighted by Gasteiger charge is -2.22. The largest absolute Gasteiger partial charge is 0.485 e. The fourth-order valence-electron chi connectivity index (χ4n) is 3.81. The first-order chi connectivity index (χ1) is 16.5. The maximum atomic E-state index is 15.1. The van der Waals surface area contributed by atoms with Crippen LogP contribution in [0.1, 0.15) is 33.3 Å². The molecule has 3 aromatic rings. The third-order valence-electron chi connectivity index (χ3n) is 5.69. The van der Waals surface area contributed by atoms with Gasteiger partial charge in [0.15, 0.2) is 0 Å². The Kier molecular flexibility index (Phi) is 7.59. The van der Waals surface area contributed by atoms with Crippen LogP contribution >= 0.6 is 11.3 Å². The number of hydrogen-bond acceptors (Lipinski definition) is 8. The van der Waals surface area contributed by atoms with Crippen LogP contribution in [0, 0.1) is 5.82 Å². The lowest BCUT2D eigenvalue weighted by atomic mass is 10.1. The monoisotopic (exact) mass is 485 g/mol. The van der Waals surface area contributed by atoms with Crippen molar-refractivity contribution in [3.63, 3.8) is 0 Å². The van der Waals surface area contributed by atoms with Gasteiger partial charge in [-0.05, 0) is 31.1 Å². The topological polar surface area (TPSA) is 79.8 Å². The second-order valence-corrected chi connectivity index (χ2v) is 8.99. The lowest BCUT2D eigenvalue weighted by Crippen LogP contribution is -2.33. The highest BCUT2D eigenvalue weighted by molar-refractivity contribution is 7.10. The van der Waals surface area contributed by atoms with Crippen LogP contribution in [0.4, 0.5) is 10.2 Å². The van der Waals surface area contributed by atoms with Gasteiger partial charge in [-0.1, -0.05) is 12.1 Å². The number of benzene rings is 1. The fourth-order valence-corrected chi connectivity index (χ4v) is 4.59. The number of methoxy groups -OCH3 is 1. The van der Waals surface area contributed by atoms with E-state index in [0.717, 1.165) is 17.8 Å². The standard InChI is InChI=1S/C24H28FN5O3S/c1-26-9-8-20(21-5-4-12-34-21)33-17-7-6-16(19(25)13-17)15-30-11-10-29(2)22-18(23(30)31)14-27-24(28-22)32-3/h4-7,12-14,20,26H,8-11,15H2,1-3H3/t20-/m0/s1. The van der Waals surface area contributed by atoms with Gasteiger partial charge in [-0.25, -0.2) is 9.37 Å². The molecule has 0 saturated carbocycles. The second kappa shape index (κ2) is 10.8. The molecule has 0 saturated heterocycles. The number of amides is 1. The molecule has 0 radical (unpaired) electrons. The predicted molar refractivity (Wildman–Crippen MR) is 129 cm³/mol. The summed E-state index contributed by atoms with van der Waals surface area (Å²) < 4.78 is 26.3. The van der Waals surface area contributed by atoms with Gasteiger partial charge in [0.2, 0.25) is 0 Å². The van der Waals surface area contributed by atoms with Gasteiger partial charge in [-0.3, -0.25) is 4.79 Å². The van der Waals surface area contributed by atoms with E-state index in [1.807, 2.05) is 36.5 Å². The van der Waals surface area contributed by atoms with Crippen LogP contribution in [-0.4, -0.2) is 61.6 Å². The number of likely N-dealkylation sites (N-methyl/N-ethyl adjacent to an activating group) is 1. The van der Waals surface area contributed by atoms with Gasteiger partial charge in [0.05, 0.1) is 7.11 Å². The number of anilines is 1. The quantitative estimate of drug-likeness (QED) is 0.497. The minimum atomic E-state index is -0.410. The average molecular weight is 486 g/mol. The molecule has 1 aliphatic heterocycles. The van der Waals surface area contributed by atoms with E-state index in [9.17, 15) is 4.79 Å². The first-order valence-corrected chi connectivity index (χ1v) is 11.9. The molecule has 2 aromatic heterocycles. The van der Waals surface area contributed by atoms with Gasteiger partial charge in [0, 0.05) is 55.8 Å². The zero-order valence-corrected chi connectivity index (χ0v) is 20.3. The second-order valence-electron chi connectivity index (χ2n) is 8.01. The number of fused-ring (bicyclic) bond motifs is 1. The number of thiophene rings is 1. The van der Waals surface area contributed by atoms with E-state index >= 15 is 4.39 Å². The summed E-state index contributed by atoms with van der Waals surface area (Å²) in [7, 11) is 5.22. The van der Waals surface area contributed by atoms with Crippen LogP contribution in [0.2, 0.25) is 0 Å². The van der Waals surface area contributed by atoms with Crippen molar-refractivity contribution in [2.24, 2.45) is 0 Å². The molecule has 3 heterocycles. The maximum Gasteiger partial charge on any atom is 0.318 e. The third kappa shape index (κ3) is 5.28. The molecular formula is C24H28FN5O3S. The molecule has 0 spiro atoms. The molecule has 34 heavy (non-hydrogen) atoms. The Balaban J connectivity index is 1.50. The summed E-state index contributed by atoms with van der Waals surface area (Å²) in [5.74, 6) is 0.312. The van der Waals surface area contributed by atoms with Crippen LogP contribution in [0.15, 0.2) is 41.9 Å². The Hall–Kier alpha value is -3.24. The van der Waals surface area contributed by atoms with E-state index in [1.165, 1.54) is 19.4 Å². The number of nitrogens with one attached hydrogen (secondary N) is 1. The SMILES string of the molecule is CNCC[C@H](Oc1ccc(CN2CCN(C)c3nc(OC)ncc3C2=O)c(F)c1)c1cccs1. The molecular weight excluding hydrogens is 457 g/mol. The summed E-state index contributed by atoms with van der Waals surface area (Å²) in [6.45, 7) is 1.90. The van der Waals surface area contributed by atoms with Gasteiger partial charge in [0.25, 0.3) is 5.91 Å². The van der Waals surface area contributed by atoms with Crippen molar-refractivity contribution in [1.82, 2.24) is 20.2 Å². The van der Waals surface area contributed by atoms with E-state index in [-0.39, 0.29) is 24.6 Å². The molecule has 10 heteroatoms. The molecule has 0 unspecified atom stereocenters. The molecule has 1 amide bonds. The van der Waals surface area contributed by atoms with Crippen LogP contribution in [0.3, 0.4) is 0 Å². The average Bonchev–Trinajstić information content (AvgIpc) is 3.36. The van der Waals surface area contributed by atoms with Crippen LogP contribution in [-0.2, 0) is 6.54 Å². The highest BCUT2D eigenvalue weighted by Crippen LogP contribution is 2.30. The van der Waals surface area contributed by atoms with Crippen molar-refractivity contribution in [3.8, 4) is 11.8 Å². The molecule has 180 valence electrons. The Morgan fingerprint density at radius 3 is 2.85 bits per heavy atom. The molecule has 0 fully saturated rings. The zero-order valence-electron chi connectivity index (χ0n) is 19.5. The van der Waals surface area contributed by atoms with Crippen molar-refractivity contribution in [2.45, 2.75) is 19.1 Å². The summed E-state index contributed by atoms with van der Waals surface area (Å²) in [5, 5.41) is 5.14. The van der Waals surface area contributed by atoms with Crippen LogP contribution in [0.25, 0.3) is 0 Å². The Labute approximate surface area is 202 Å². The van der Waals surface area contributed by atoms with Crippen molar-refractivity contribution >= 4 is 23.1 Å². The Morgan fingerprint density at radius 2 is 2.15 bits per heavy atom. The normalized spacial score (nSPS) is 14.5. The van der Waals surface area contributed by atoms with Crippen LogP contribution in [0.5, 0.6) is 11.8 Å². The maximum absolute atomic E-state index is 15.1. The minimum absolute atomic E-state index is 0.137. The number of carbonyl (C=O) groups is 1. The van der Waals surface area contributed by atoms with E-state index in [0.29, 0.717) is 35.8 Å². The number of carbonyl (C=O) groups excluding carboxylic acids is 1. The number of ether oxygens (including phenoxy) is 2. The van der Waals surface area contributed by atoms with Crippen LogP contribution < -0.4 is 19.7 Å². The van der Waals surface area contributed by atoms with Gasteiger partial charge in [0.1, 0.15) is 29.1 Å². The third-order valence-corrected chi connectivity index (χ3v) is 6.66. The molecule has 1 aliphatic rings. The number of halogens is 1. The summed E-state index contributed by atoms with van der Waals surface area (Å²) in [5.41, 5.74) is 0.786. The number of nitrogens with zero attached hydrogens (tertiary/aromatic N) is 4. The van der Waals surface area contributed by atoms with E-state index < -0.39 is 5.82 Å². The summed E-state index contributed by atoms with van der Waals surface area (Å²) in [6.07, 6.45) is 2.07. The molecule has 1 N–H and O–H groups in total. The smallest absolute Gasteiger partial charge is 0.318 e. The molecule has 4 rings (SSSR count). The molecule has 0 aliphatic carbocycles. The number of aromatic nitrogens is 2. The zero-order chi connectivity index (χ0) is 24.1. The fraction of sp³-hybridized carbons (Fsp3) is 0.375. The summed E-state index contributed by atoms with van der Waals surface area (Å²) >= 11 is 1.62. The molecule has 1 aromatic carbocycles. The van der Waals surface area contributed by atoms with Gasteiger partial charge in [-0.15, -0.1) is 11.3 Å². The molecule has 1 atom stereocenters. The van der Waals surface area contributed by atoms with Crippen molar-refractivity contribution < 1.29 is 18.7 Å². The number of hydrogen-bond donors (Lipinski definition) is 1. The van der Waals surface area contributed by atoms with Gasteiger partial charge in [-0.2, -0.15) is 4.98 Å². The van der Waals surface area contributed by atoms with Crippen molar-refractivity contribution in [2.75, 3.05) is 45.7 Å². The first-order valence-electron chi connectivity index (χ1n) is 11.0. The first kappa shape index (κ1) is 23.9. The van der Waals surface area contributed by atoms with Gasteiger partial charge >= 0.3 is 6.01 Å². The highest BCUT2D eigenvalue weighted by atomic mass is 32.1. The van der Waals surface area contributed by atoms with E-state index in [2.05, 4.69) is 15.3 Å². The molecule has 8 nitrogen and oxygen atoms in total. The molecule has 0 bridgehead atoms. The van der Waals surface area contributed by atoms with E-state index in [4.69, 9.17) is 9.47 Å². The highest BCUT2D eigenvalue weighted by Gasteiger charge is 2.28. The lowest BCUT2D eigenvalue weighted by molar-refractivity contribution is 0.0752. The van der Waals surface area contributed by atoms with E-state index in [1.54, 1.807) is 28.4 Å². The minimum Gasteiger partial charge on any atom is -0.485 e. The van der Waals surface area contributed by atoms with Gasteiger partial charge < -0.3 is 24.6 Å². The number of rotatable bonds is 9. The summed E-state index contributed by atoms with van der Waals surface area (Å²) in [4.78, 5) is 26.1. The Morgan fingerprint density at radius 1 is 1.29 bits per heavy atom. The van der Waals surface area contributed by atoms with Crippen molar-refractivity contribution in [1.29, 1.82) is 0 Å². The van der Waals surface area contributed by atoms with Crippen molar-refractivity contribution in [3.05, 3.63) is 63.7 Å². The summed E-state index contributed by atoms with van der Waals surface area (Å²) in [6, 6.07) is 9.04.